The molecule has 0 amide bonds. The quantitative estimate of drug-likeness (QED) is 0.794. The average molecular weight is 192 g/mol. The molecule has 0 aliphatic heterocycles. The van der Waals surface area contributed by atoms with Crippen LogP contribution in [0.4, 0.5) is 0 Å². The largest absolute Gasteiger partial charge is 0.496 e. The molecule has 1 N–H and O–H groups in total. The van der Waals surface area contributed by atoms with Crippen LogP contribution in [0.1, 0.15) is 24.0 Å². The second-order valence-corrected chi connectivity index (χ2v) is 4.09. The predicted octanol–water partition coefficient (Wildman–Crippen LogP) is 2.03. The SMILES string of the molecule is COc1c(C)cccc1C1(CO)CC1. The number of aryl methyl sites for hydroxylation is 1. The second-order valence-electron chi connectivity index (χ2n) is 4.09. The molecule has 0 atom stereocenters. The standard InChI is InChI=1S/C12H16O2/c1-9-4-3-5-10(11(9)14-2)12(8-13)6-7-12/h3-5,13H,6-8H2,1-2H3. The van der Waals surface area contributed by atoms with Crippen molar-refractivity contribution in [3.8, 4) is 5.75 Å². The maximum absolute atomic E-state index is 9.37. The van der Waals surface area contributed by atoms with Gasteiger partial charge >= 0.3 is 0 Å². The average Bonchev–Trinajstić information content (AvgIpc) is 2.98. The molecule has 0 unspecified atom stereocenters. The molecular formula is C12H16O2. The van der Waals surface area contributed by atoms with Crippen molar-refractivity contribution in [3.63, 3.8) is 0 Å². The van der Waals surface area contributed by atoms with Gasteiger partial charge in [0.05, 0.1) is 13.7 Å². The highest BCUT2D eigenvalue weighted by molar-refractivity contribution is 5.48. The summed E-state index contributed by atoms with van der Waals surface area (Å²) in [6.45, 7) is 2.27. The predicted molar refractivity (Wildman–Crippen MR) is 55.7 cm³/mol. The Balaban J connectivity index is 2.47. The van der Waals surface area contributed by atoms with E-state index >= 15 is 0 Å². The van der Waals surface area contributed by atoms with Crippen molar-refractivity contribution in [1.29, 1.82) is 0 Å². The smallest absolute Gasteiger partial charge is 0.125 e. The van der Waals surface area contributed by atoms with Gasteiger partial charge in [-0.25, -0.2) is 0 Å². The van der Waals surface area contributed by atoms with Gasteiger partial charge in [-0.2, -0.15) is 0 Å². The molecule has 2 rings (SSSR count). The molecule has 1 aliphatic carbocycles. The lowest BCUT2D eigenvalue weighted by atomic mass is 9.94. The van der Waals surface area contributed by atoms with Crippen molar-refractivity contribution < 1.29 is 9.84 Å². The third kappa shape index (κ3) is 1.30. The molecule has 0 spiro atoms. The third-order valence-corrected chi connectivity index (χ3v) is 3.14. The van der Waals surface area contributed by atoms with Crippen LogP contribution in [0, 0.1) is 6.92 Å². The number of para-hydroxylation sites is 1. The third-order valence-electron chi connectivity index (χ3n) is 3.14. The van der Waals surface area contributed by atoms with Gasteiger partial charge in [0.2, 0.25) is 0 Å². The van der Waals surface area contributed by atoms with E-state index < -0.39 is 0 Å². The summed E-state index contributed by atoms with van der Waals surface area (Å²) in [6.07, 6.45) is 2.15. The number of hydrogen-bond acceptors (Lipinski definition) is 2. The topological polar surface area (TPSA) is 29.5 Å². The molecule has 1 saturated carbocycles. The molecule has 0 aromatic heterocycles. The maximum Gasteiger partial charge on any atom is 0.125 e. The number of hydrogen-bond donors (Lipinski definition) is 1. The fraction of sp³-hybridized carbons (Fsp3) is 0.500. The van der Waals surface area contributed by atoms with Crippen molar-refractivity contribution in [1.82, 2.24) is 0 Å². The second kappa shape index (κ2) is 3.28. The molecule has 1 aromatic carbocycles. The van der Waals surface area contributed by atoms with Crippen molar-refractivity contribution in [2.75, 3.05) is 13.7 Å². The Hall–Kier alpha value is -1.02. The van der Waals surface area contributed by atoms with Gasteiger partial charge < -0.3 is 9.84 Å². The van der Waals surface area contributed by atoms with Gasteiger partial charge in [-0.3, -0.25) is 0 Å². The Morgan fingerprint density at radius 1 is 1.43 bits per heavy atom. The summed E-state index contributed by atoms with van der Waals surface area (Å²) in [5.41, 5.74) is 2.31. The minimum atomic E-state index is -0.00262. The summed E-state index contributed by atoms with van der Waals surface area (Å²) in [7, 11) is 1.69. The Bertz CT molecular complexity index is 340. The molecule has 1 fully saturated rings. The Morgan fingerprint density at radius 3 is 2.64 bits per heavy atom. The highest BCUT2D eigenvalue weighted by Gasteiger charge is 2.45. The van der Waals surface area contributed by atoms with Crippen molar-refractivity contribution in [2.45, 2.75) is 25.2 Å². The van der Waals surface area contributed by atoms with Crippen LogP contribution >= 0.6 is 0 Å². The highest BCUT2D eigenvalue weighted by atomic mass is 16.5. The molecule has 2 nitrogen and oxygen atoms in total. The van der Waals surface area contributed by atoms with Crippen molar-refractivity contribution >= 4 is 0 Å². The zero-order valence-electron chi connectivity index (χ0n) is 8.71. The van der Waals surface area contributed by atoms with E-state index in [1.54, 1.807) is 7.11 Å². The lowest BCUT2D eigenvalue weighted by Gasteiger charge is -2.17. The number of methoxy groups -OCH3 is 1. The van der Waals surface area contributed by atoms with Crippen LogP contribution in [0.2, 0.25) is 0 Å². The highest BCUT2D eigenvalue weighted by Crippen LogP contribution is 2.51. The Labute approximate surface area is 84.5 Å². The van der Waals surface area contributed by atoms with E-state index in [-0.39, 0.29) is 12.0 Å². The molecule has 0 saturated heterocycles. The number of rotatable bonds is 3. The molecule has 76 valence electrons. The number of benzene rings is 1. The van der Waals surface area contributed by atoms with Crippen LogP contribution in [0.5, 0.6) is 5.75 Å². The Kier molecular flexibility index (Phi) is 2.23. The summed E-state index contributed by atoms with van der Waals surface area (Å²) in [4.78, 5) is 0. The summed E-state index contributed by atoms with van der Waals surface area (Å²) in [5, 5.41) is 9.37. The lowest BCUT2D eigenvalue weighted by Crippen LogP contribution is -2.13. The van der Waals surface area contributed by atoms with Gasteiger partial charge in [0, 0.05) is 11.0 Å². The van der Waals surface area contributed by atoms with Crippen LogP contribution in [-0.2, 0) is 5.41 Å². The first-order chi connectivity index (χ1) is 6.73. The maximum atomic E-state index is 9.37. The van der Waals surface area contributed by atoms with Crippen LogP contribution in [0.3, 0.4) is 0 Å². The fourth-order valence-corrected chi connectivity index (χ4v) is 2.00. The summed E-state index contributed by atoms with van der Waals surface area (Å²) >= 11 is 0. The molecule has 0 bridgehead atoms. The summed E-state index contributed by atoms with van der Waals surface area (Å²) < 4.78 is 5.39. The van der Waals surface area contributed by atoms with Crippen LogP contribution < -0.4 is 4.74 Å². The molecule has 14 heavy (non-hydrogen) atoms. The molecule has 1 aliphatic rings. The van der Waals surface area contributed by atoms with Gasteiger partial charge in [0.15, 0.2) is 0 Å². The first kappa shape index (κ1) is 9.53. The van der Waals surface area contributed by atoms with Gasteiger partial charge in [0.25, 0.3) is 0 Å². The van der Waals surface area contributed by atoms with E-state index in [9.17, 15) is 5.11 Å². The number of aliphatic hydroxyl groups is 1. The van der Waals surface area contributed by atoms with Gasteiger partial charge in [0.1, 0.15) is 5.75 Å². The van der Waals surface area contributed by atoms with Crippen LogP contribution in [0.25, 0.3) is 0 Å². The first-order valence-electron chi connectivity index (χ1n) is 4.98. The van der Waals surface area contributed by atoms with E-state index in [0.29, 0.717) is 0 Å². The zero-order valence-corrected chi connectivity index (χ0v) is 8.71. The minimum absolute atomic E-state index is 0.00262. The van der Waals surface area contributed by atoms with E-state index in [1.807, 2.05) is 19.1 Å². The molecule has 1 aromatic rings. The zero-order chi connectivity index (χ0) is 10.2. The summed E-state index contributed by atoms with van der Waals surface area (Å²) in [6, 6.07) is 6.13. The van der Waals surface area contributed by atoms with E-state index in [4.69, 9.17) is 4.74 Å². The Morgan fingerprint density at radius 2 is 2.14 bits per heavy atom. The first-order valence-corrected chi connectivity index (χ1v) is 4.98. The molecule has 0 radical (unpaired) electrons. The van der Waals surface area contributed by atoms with Gasteiger partial charge in [-0.15, -0.1) is 0 Å². The number of aliphatic hydroxyl groups excluding tert-OH is 1. The summed E-state index contributed by atoms with van der Waals surface area (Å²) in [5.74, 6) is 0.944. The molecular weight excluding hydrogens is 176 g/mol. The molecule has 0 heterocycles. The fourth-order valence-electron chi connectivity index (χ4n) is 2.00. The van der Waals surface area contributed by atoms with E-state index in [2.05, 4.69) is 6.07 Å². The van der Waals surface area contributed by atoms with E-state index in [0.717, 1.165) is 24.2 Å². The van der Waals surface area contributed by atoms with Crippen LogP contribution in [-0.4, -0.2) is 18.8 Å². The molecule has 2 heteroatoms. The number of ether oxygens (including phenoxy) is 1. The normalized spacial score (nSPS) is 17.9. The van der Waals surface area contributed by atoms with E-state index in [1.165, 1.54) is 5.56 Å². The lowest BCUT2D eigenvalue weighted by molar-refractivity contribution is 0.251. The van der Waals surface area contributed by atoms with Crippen LogP contribution in [0.15, 0.2) is 18.2 Å². The minimum Gasteiger partial charge on any atom is -0.496 e. The van der Waals surface area contributed by atoms with Gasteiger partial charge in [-0.05, 0) is 25.3 Å². The monoisotopic (exact) mass is 192 g/mol. The van der Waals surface area contributed by atoms with Crippen molar-refractivity contribution in [3.05, 3.63) is 29.3 Å². The van der Waals surface area contributed by atoms with Crippen molar-refractivity contribution in [2.24, 2.45) is 0 Å². The van der Waals surface area contributed by atoms with Gasteiger partial charge in [-0.1, -0.05) is 18.2 Å².